The van der Waals surface area contributed by atoms with Crippen molar-refractivity contribution in [2.24, 2.45) is 0 Å². The van der Waals surface area contributed by atoms with E-state index in [0.29, 0.717) is 9.87 Å². The molecule has 1 aromatic heterocycles. The van der Waals surface area contributed by atoms with Crippen molar-refractivity contribution < 1.29 is 22.8 Å². The van der Waals surface area contributed by atoms with Gasteiger partial charge in [0.1, 0.15) is 18.0 Å². The summed E-state index contributed by atoms with van der Waals surface area (Å²) in [7, 11) is -4.21. The number of sulfonamides is 1. The summed E-state index contributed by atoms with van der Waals surface area (Å²) in [6, 6.07) is 16.3. The van der Waals surface area contributed by atoms with Crippen LogP contribution in [0.5, 0.6) is 0 Å². The lowest BCUT2D eigenvalue weighted by molar-refractivity contribution is -0.115. The predicted molar refractivity (Wildman–Crippen MR) is 94.6 cm³/mol. The number of aliphatic hydroxyl groups excluding tert-OH is 1. The molecule has 3 rings (SSSR count). The van der Waals surface area contributed by atoms with E-state index < -0.39 is 22.5 Å². The molecule has 0 saturated heterocycles. The van der Waals surface area contributed by atoms with Crippen LogP contribution in [0.2, 0.25) is 0 Å². The van der Waals surface area contributed by atoms with Gasteiger partial charge in [0.2, 0.25) is 5.91 Å². The van der Waals surface area contributed by atoms with Gasteiger partial charge in [-0.05, 0) is 12.1 Å². The maximum atomic E-state index is 13.1. The molecular weight excluding hydrogens is 356 g/mol. The Kier molecular flexibility index (Phi) is 4.88. The van der Waals surface area contributed by atoms with Gasteiger partial charge in [-0.15, -0.1) is 0 Å². The monoisotopic (exact) mass is 372 g/mol. The summed E-state index contributed by atoms with van der Waals surface area (Å²) >= 11 is 0. The third-order valence-electron chi connectivity index (χ3n) is 3.70. The summed E-state index contributed by atoms with van der Waals surface area (Å²) < 4.78 is 31.9. The Morgan fingerprint density at radius 3 is 2.19 bits per heavy atom. The molecule has 0 saturated carbocycles. The van der Waals surface area contributed by atoms with Gasteiger partial charge in [-0.25, -0.2) is 8.42 Å². The predicted octanol–water partition coefficient (Wildman–Crippen LogP) is 2.58. The molecule has 8 heteroatoms. The molecule has 7 nitrogen and oxygen atoms in total. The lowest BCUT2D eigenvalue weighted by atomic mass is 10.1. The minimum atomic E-state index is -4.21. The number of aliphatic hydroxyl groups is 1. The number of hydrogen-bond donors (Lipinski definition) is 1. The van der Waals surface area contributed by atoms with E-state index in [0.717, 1.165) is 6.92 Å². The van der Waals surface area contributed by atoms with Gasteiger partial charge in [0.05, 0.1) is 4.90 Å². The first kappa shape index (κ1) is 17.8. The van der Waals surface area contributed by atoms with Crippen LogP contribution >= 0.6 is 0 Å². The molecule has 0 fully saturated rings. The van der Waals surface area contributed by atoms with Gasteiger partial charge in [0.15, 0.2) is 5.76 Å². The largest absolute Gasteiger partial charge is 0.388 e. The summed E-state index contributed by atoms with van der Waals surface area (Å²) in [5, 5.41) is 13.5. The summed E-state index contributed by atoms with van der Waals surface area (Å²) in [5.74, 6) is -0.859. The number of rotatable bonds is 5. The van der Waals surface area contributed by atoms with E-state index in [1.165, 1.54) is 12.1 Å². The van der Waals surface area contributed by atoms with Crippen LogP contribution in [0.15, 0.2) is 70.1 Å². The van der Waals surface area contributed by atoms with Crippen LogP contribution < -0.4 is 4.31 Å². The average Bonchev–Trinajstić information content (AvgIpc) is 3.06. The Hall–Kier alpha value is -2.97. The van der Waals surface area contributed by atoms with E-state index in [1.54, 1.807) is 48.5 Å². The highest BCUT2D eigenvalue weighted by Gasteiger charge is 2.35. The van der Waals surface area contributed by atoms with Crippen LogP contribution in [0, 0.1) is 0 Å². The third kappa shape index (κ3) is 3.12. The number of aromatic nitrogens is 1. The van der Waals surface area contributed by atoms with Crippen molar-refractivity contribution in [2.45, 2.75) is 18.4 Å². The van der Waals surface area contributed by atoms with Crippen molar-refractivity contribution in [3.8, 4) is 11.3 Å². The zero-order chi connectivity index (χ0) is 18.7. The Morgan fingerprint density at radius 2 is 1.65 bits per heavy atom. The standard InChI is InChI=1S/C18H16N2O5S/c1-13(22)20(26(23,24)15-10-6-3-7-11-15)18-16(12-21)25-19-17(18)14-8-4-2-5-9-14/h2-11,21H,12H2,1H3. The molecule has 0 aliphatic heterocycles. The molecule has 0 bridgehead atoms. The molecule has 0 aliphatic carbocycles. The van der Waals surface area contributed by atoms with Crippen molar-refractivity contribution >= 4 is 21.6 Å². The van der Waals surface area contributed by atoms with Crippen LogP contribution in [0.3, 0.4) is 0 Å². The molecule has 1 N–H and O–H groups in total. The van der Waals surface area contributed by atoms with Crippen molar-refractivity contribution in [2.75, 3.05) is 4.31 Å². The molecule has 0 unspecified atom stereocenters. The molecular formula is C18H16N2O5S. The number of carbonyl (C=O) groups excluding carboxylic acids is 1. The molecule has 26 heavy (non-hydrogen) atoms. The lowest BCUT2D eigenvalue weighted by Gasteiger charge is -2.21. The Bertz CT molecular complexity index is 1010. The summed E-state index contributed by atoms with van der Waals surface area (Å²) in [4.78, 5) is 12.3. The fraction of sp³-hybridized carbons (Fsp3) is 0.111. The maximum Gasteiger partial charge on any atom is 0.271 e. The molecule has 0 spiro atoms. The van der Waals surface area contributed by atoms with E-state index >= 15 is 0 Å². The van der Waals surface area contributed by atoms with E-state index in [4.69, 9.17) is 4.52 Å². The fourth-order valence-corrected chi connectivity index (χ4v) is 4.04. The SMILES string of the molecule is CC(=O)N(c1c(-c2ccccc2)noc1CO)S(=O)(=O)c1ccccc1. The minimum Gasteiger partial charge on any atom is -0.388 e. The van der Waals surface area contributed by atoms with Gasteiger partial charge in [0, 0.05) is 12.5 Å². The van der Waals surface area contributed by atoms with Gasteiger partial charge in [-0.3, -0.25) is 4.79 Å². The molecule has 0 atom stereocenters. The van der Waals surface area contributed by atoms with Crippen molar-refractivity contribution in [1.82, 2.24) is 5.16 Å². The van der Waals surface area contributed by atoms with Crippen LogP contribution in [0.25, 0.3) is 11.3 Å². The highest BCUT2D eigenvalue weighted by Crippen LogP contribution is 2.36. The average molecular weight is 372 g/mol. The van der Waals surface area contributed by atoms with Gasteiger partial charge < -0.3 is 9.63 Å². The molecule has 1 heterocycles. The Balaban J connectivity index is 2.25. The summed E-state index contributed by atoms with van der Waals surface area (Å²) in [6.45, 7) is 0.521. The number of benzene rings is 2. The molecule has 134 valence electrons. The summed E-state index contributed by atoms with van der Waals surface area (Å²) in [5.41, 5.74) is 0.625. The van der Waals surface area contributed by atoms with Crippen molar-refractivity contribution in [3.05, 3.63) is 66.4 Å². The third-order valence-corrected chi connectivity index (χ3v) is 5.49. The fourth-order valence-electron chi connectivity index (χ4n) is 2.56. The number of carbonyl (C=O) groups is 1. The first-order valence-electron chi connectivity index (χ1n) is 7.72. The number of hydrogen-bond acceptors (Lipinski definition) is 6. The lowest BCUT2D eigenvalue weighted by Crippen LogP contribution is -2.36. The highest BCUT2D eigenvalue weighted by molar-refractivity contribution is 7.93. The summed E-state index contributed by atoms with van der Waals surface area (Å²) in [6.07, 6.45) is 0. The van der Waals surface area contributed by atoms with E-state index in [9.17, 15) is 18.3 Å². The van der Waals surface area contributed by atoms with E-state index in [2.05, 4.69) is 5.16 Å². The zero-order valence-corrected chi connectivity index (χ0v) is 14.7. The molecule has 2 aromatic carbocycles. The minimum absolute atomic E-state index is 0.0562. The Morgan fingerprint density at radius 1 is 1.08 bits per heavy atom. The van der Waals surface area contributed by atoms with Gasteiger partial charge in [-0.1, -0.05) is 53.7 Å². The molecule has 0 radical (unpaired) electrons. The first-order chi connectivity index (χ1) is 12.5. The second kappa shape index (κ2) is 7.11. The van der Waals surface area contributed by atoms with Crippen LogP contribution in [0.1, 0.15) is 12.7 Å². The smallest absolute Gasteiger partial charge is 0.271 e. The van der Waals surface area contributed by atoms with E-state index in [1.807, 2.05) is 0 Å². The van der Waals surface area contributed by atoms with Gasteiger partial charge in [0.25, 0.3) is 10.0 Å². The first-order valence-corrected chi connectivity index (χ1v) is 9.16. The highest BCUT2D eigenvalue weighted by atomic mass is 32.2. The number of nitrogens with zero attached hydrogens (tertiary/aromatic N) is 2. The second-order valence-corrected chi connectivity index (χ2v) is 7.22. The van der Waals surface area contributed by atoms with Crippen molar-refractivity contribution in [3.63, 3.8) is 0 Å². The van der Waals surface area contributed by atoms with E-state index in [-0.39, 0.29) is 22.0 Å². The molecule has 1 amide bonds. The molecule has 3 aromatic rings. The van der Waals surface area contributed by atoms with Crippen LogP contribution in [-0.4, -0.2) is 24.6 Å². The van der Waals surface area contributed by atoms with Crippen LogP contribution in [-0.2, 0) is 21.4 Å². The number of amides is 1. The maximum absolute atomic E-state index is 13.1. The quantitative estimate of drug-likeness (QED) is 0.739. The van der Waals surface area contributed by atoms with Gasteiger partial charge in [-0.2, -0.15) is 4.31 Å². The number of anilines is 1. The molecule has 0 aliphatic rings. The normalized spacial score (nSPS) is 11.3. The van der Waals surface area contributed by atoms with Crippen LogP contribution in [0.4, 0.5) is 5.69 Å². The zero-order valence-electron chi connectivity index (χ0n) is 13.9. The Labute approximate surface area is 150 Å². The second-order valence-electron chi connectivity index (χ2n) is 5.43. The topological polar surface area (TPSA) is 101 Å². The van der Waals surface area contributed by atoms with Crippen molar-refractivity contribution in [1.29, 1.82) is 0 Å². The van der Waals surface area contributed by atoms with Gasteiger partial charge >= 0.3 is 0 Å².